The summed E-state index contributed by atoms with van der Waals surface area (Å²) in [4.78, 5) is 32.6. The summed E-state index contributed by atoms with van der Waals surface area (Å²) in [5.41, 5.74) is 2.92. The normalized spacial score (nSPS) is 11.8. The van der Waals surface area contributed by atoms with Gasteiger partial charge >= 0.3 is 0 Å². The van der Waals surface area contributed by atoms with E-state index in [1.165, 1.54) is 4.90 Å². The van der Waals surface area contributed by atoms with Crippen molar-refractivity contribution in [3.63, 3.8) is 0 Å². The number of methoxy groups -OCH3 is 1. The Morgan fingerprint density at radius 2 is 1.76 bits per heavy atom. The van der Waals surface area contributed by atoms with Crippen LogP contribution >= 0.6 is 23.2 Å². The van der Waals surface area contributed by atoms with Gasteiger partial charge in [0.1, 0.15) is 11.8 Å². The largest absolute Gasteiger partial charge is 0.497 e. The zero-order valence-corrected chi connectivity index (χ0v) is 23.0. The molecule has 1 unspecified atom stereocenters. The van der Waals surface area contributed by atoms with E-state index in [-0.39, 0.29) is 18.2 Å². The highest BCUT2D eigenvalue weighted by molar-refractivity contribution is 6.42. The minimum absolute atomic E-state index is 0.0942. The van der Waals surface area contributed by atoms with Gasteiger partial charge in [-0.05, 0) is 60.0 Å². The zero-order chi connectivity index (χ0) is 27.1. The van der Waals surface area contributed by atoms with E-state index in [1.807, 2.05) is 30.5 Å². The van der Waals surface area contributed by atoms with Crippen LogP contribution < -0.4 is 15.0 Å². The lowest BCUT2D eigenvalue weighted by molar-refractivity contribution is -0.126. The number of anilines is 1. The van der Waals surface area contributed by atoms with Gasteiger partial charge in [0.05, 0.1) is 23.6 Å². The number of carbonyl (C=O) groups is 2. The second kappa shape index (κ2) is 12.9. The van der Waals surface area contributed by atoms with Crippen molar-refractivity contribution in [2.45, 2.75) is 38.6 Å². The lowest BCUT2D eigenvalue weighted by Crippen LogP contribution is -2.45. The van der Waals surface area contributed by atoms with E-state index in [2.05, 4.69) is 17.2 Å². The number of fused-ring (bicyclic) bond motifs is 1. The molecule has 0 aliphatic carbocycles. The Kier molecular flexibility index (Phi) is 9.32. The van der Waals surface area contributed by atoms with Gasteiger partial charge < -0.3 is 15.0 Å². The minimum atomic E-state index is -0.961. The van der Waals surface area contributed by atoms with Crippen molar-refractivity contribution >= 4 is 51.6 Å². The summed E-state index contributed by atoms with van der Waals surface area (Å²) in [6.45, 7) is 2.62. The molecular weight excluding hydrogens is 521 g/mol. The van der Waals surface area contributed by atoms with Crippen molar-refractivity contribution in [1.82, 2.24) is 10.3 Å². The monoisotopic (exact) mass is 551 g/mol. The minimum Gasteiger partial charge on any atom is -0.497 e. The molecule has 0 saturated carbocycles. The summed E-state index contributed by atoms with van der Waals surface area (Å²) in [6, 6.07) is 19.0. The molecule has 2 amide bonds. The summed E-state index contributed by atoms with van der Waals surface area (Å²) < 4.78 is 5.32. The van der Waals surface area contributed by atoms with Crippen LogP contribution in [0.15, 0.2) is 72.9 Å². The number of H-pyrrole nitrogens is 1. The average Bonchev–Trinajstić information content (AvgIpc) is 3.34. The number of carbonyl (C=O) groups excluding carboxylic acids is 2. The van der Waals surface area contributed by atoms with Gasteiger partial charge in [-0.3, -0.25) is 14.5 Å². The number of ether oxygens (including phenoxy) is 1. The third kappa shape index (κ3) is 6.32. The topological polar surface area (TPSA) is 74.4 Å². The highest BCUT2D eigenvalue weighted by Gasteiger charge is 2.33. The number of nitrogens with one attached hydrogen (secondary N) is 2. The van der Waals surface area contributed by atoms with Crippen molar-refractivity contribution in [2.75, 3.05) is 18.6 Å². The van der Waals surface area contributed by atoms with Gasteiger partial charge in [-0.1, -0.05) is 67.2 Å². The molecule has 1 heterocycles. The average molecular weight is 553 g/mol. The van der Waals surface area contributed by atoms with E-state index in [9.17, 15) is 9.59 Å². The van der Waals surface area contributed by atoms with Crippen LogP contribution in [-0.2, 0) is 16.0 Å². The molecule has 0 radical (unpaired) electrons. The first-order valence-corrected chi connectivity index (χ1v) is 13.4. The molecule has 0 aliphatic rings. The van der Waals surface area contributed by atoms with Crippen LogP contribution in [0.1, 0.15) is 43.4 Å². The molecule has 1 aromatic heterocycles. The van der Waals surface area contributed by atoms with Crippen LogP contribution in [0.4, 0.5) is 5.69 Å². The molecule has 38 heavy (non-hydrogen) atoms. The third-order valence-corrected chi connectivity index (χ3v) is 7.22. The van der Waals surface area contributed by atoms with E-state index >= 15 is 0 Å². The molecule has 0 fully saturated rings. The number of unbranched alkanes of at least 4 members (excludes halogenated alkanes) is 2. The van der Waals surface area contributed by atoms with Gasteiger partial charge in [-0.15, -0.1) is 0 Å². The summed E-state index contributed by atoms with van der Waals surface area (Å²) in [7, 11) is 1.58. The summed E-state index contributed by atoms with van der Waals surface area (Å²) in [5.74, 6) is 0.121. The second-order valence-electron chi connectivity index (χ2n) is 9.07. The molecule has 4 aromatic rings. The fourth-order valence-corrected chi connectivity index (χ4v) is 4.80. The SMILES string of the molecule is CCCCCNC(=O)C(c1ccc(Cl)c(Cl)c1)N(C(=O)Cc1c[nH]c2ccccc12)c1ccc(OC)cc1. The van der Waals surface area contributed by atoms with Gasteiger partial charge in [0.15, 0.2) is 0 Å². The first-order chi connectivity index (χ1) is 18.4. The number of rotatable bonds is 11. The smallest absolute Gasteiger partial charge is 0.247 e. The number of hydrogen-bond acceptors (Lipinski definition) is 3. The van der Waals surface area contributed by atoms with E-state index in [1.54, 1.807) is 49.6 Å². The Morgan fingerprint density at radius 1 is 1.00 bits per heavy atom. The number of amides is 2. The summed E-state index contributed by atoms with van der Waals surface area (Å²) in [6.07, 6.45) is 4.82. The molecule has 0 spiro atoms. The first kappa shape index (κ1) is 27.6. The molecular formula is C30H31Cl2N3O3. The quantitative estimate of drug-likeness (QED) is 0.195. The van der Waals surface area contributed by atoms with E-state index in [0.717, 1.165) is 35.7 Å². The molecule has 0 aliphatic heterocycles. The number of para-hydroxylation sites is 1. The van der Waals surface area contributed by atoms with Crippen LogP contribution in [0.25, 0.3) is 10.9 Å². The van der Waals surface area contributed by atoms with E-state index < -0.39 is 6.04 Å². The van der Waals surface area contributed by atoms with Crippen molar-refractivity contribution < 1.29 is 14.3 Å². The summed E-state index contributed by atoms with van der Waals surface area (Å²) >= 11 is 12.6. The maximum Gasteiger partial charge on any atom is 0.247 e. The number of halogens is 2. The van der Waals surface area contributed by atoms with E-state index in [4.69, 9.17) is 27.9 Å². The van der Waals surface area contributed by atoms with Crippen LogP contribution in [0.2, 0.25) is 10.0 Å². The number of hydrogen-bond donors (Lipinski definition) is 2. The van der Waals surface area contributed by atoms with Gasteiger partial charge in [0.25, 0.3) is 0 Å². The van der Waals surface area contributed by atoms with Crippen LogP contribution in [0, 0.1) is 0 Å². The lowest BCUT2D eigenvalue weighted by Gasteiger charge is -2.32. The van der Waals surface area contributed by atoms with Crippen molar-refractivity contribution in [3.8, 4) is 5.75 Å². The number of aromatic amines is 1. The van der Waals surface area contributed by atoms with Crippen LogP contribution in [-0.4, -0.2) is 30.5 Å². The maximum absolute atomic E-state index is 14.1. The second-order valence-corrected chi connectivity index (χ2v) is 9.89. The Morgan fingerprint density at radius 3 is 2.47 bits per heavy atom. The highest BCUT2D eigenvalue weighted by Crippen LogP contribution is 2.34. The predicted molar refractivity (Wildman–Crippen MR) is 154 cm³/mol. The molecule has 0 bridgehead atoms. The zero-order valence-electron chi connectivity index (χ0n) is 21.5. The van der Waals surface area contributed by atoms with E-state index in [0.29, 0.717) is 33.6 Å². The number of benzene rings is 3. The van der Waals surface area contributed by atoms with Gasteiger partial charge in [0.2, 0.25) is 11.8 Å². The fourth-order valence-electron chi connectivity index (χ4n) is 4.49. The van der Waals surface area contributed by atoms with Crippen LogP contribution in [0.3, 0.4) is 0 Å². The Bertz CT molecular complexity index is 1400. The molecule has 2 N–H and O–H groups in total. The van der Waals surface area contributed by atoms with Gasteiger partial charge in [0, 0.05) is 29.3 Å². The Balaban J connectivity index is 1.77. The molecule has 1 atom stereocenters. The van der Waals surface area contributed by atoms with Gasteiger partial charge in [-0.2, -0.15) is 0 Å². The number of nitrogens with zero attached hydrogens (tertiary/aromatic N) is 1. The molecule has 4 rings (SSSR count). The molecule has 8 heteroatoms. The highest BCUT2D eigenvalue weighted by atomic mass is 35.5. The molecule has 198 valence electrons. The molecule has 6 nitrogen and oxygen atoms in total. The number of aromatic nitrogens is 1. The molecule has 0 saturated heterocycles. The predicted octanol–water partition coefficient (Wildman–Crippen LogP) is 7.11. The standard InChI is InChI=1S/C30H31Cl2N3O3/c1-3-4-7-16-33-30(37)29(20-10-15-25(31)26(32)17-20)35(22-11-13-23(38-2)14-12-22)28(36)18-21-19-34-27-9-6-5-8-24(21)27/h5-6,8-15,17,19,29,34H,3-4,7,16,18H2,1-2H3,(H,33,37). The van der Waals surface area contributed by atoms with Crippen molar-refractivity contribution in [1.29, 1.82) is 0 Å². The third-order valence-electron chi connectivity index (χ3n) is 6.48. The first-order valence-electron chi connectivity index (χ1n) is 12.7. The van der Waals surface area contributed by atoms with Gasteiger partial charge in [-0.25, -0.2) is 0 Å². The van der Waals surface area contributed by atoms with Crippen molar-refractivity contribution in [3.05, 3.63) is 94.1 Å². The van der Waals surface area contributed by atoms with Crippen LogP contribution in [0.5, 0.6) is 5.75 Å². The Hall–Kier alpha value is -3.48. The molecule has 3 aromatic carbocycles. The van der Waals surface area contributed by atoms with Crippen molar-refractivity contribution in [2.24, 2.45) is 0 Å². The maximum atomic E-state index is 14.1. The fraction of sp³-hybridized carbons (Fsp3) is 0.267. The Labute approximate surface area is 232 Å². The lowest BCUT2D eigenvalue weighted by atomic mass is 10.0. The summed E-state index contributed by atoms with van der Waals surface area (Å²) in [5, 5.41) is 4.68.